The molecule has 12 heteroatoms. The minimum atomic E-state index is -0.497. The Hall–Kier alpha value is -4.58. The normalized spacial score (nSPS) is 17.6. The van der Waals surface area contributed by atoms with Gasteiger partial charge < -0.3 is 40.1 Å². The molecule has 2 aromatic carbocycles. The maximum atomic E-state index is 13.5. The molecule has 0 bridgehead atoms. The third-order valence-corrected chi connectivity index (χ3v) is 7.27. The predicted molar refractivity (Wildman–Crippen MR) is 159 cm³/mol. The van der Waals surface area contributed by atoms with Crippen molar-refractivity contribution in [2.75, 3.05) is 42.7 Å². The summed E-state index contributed by atoms with van der Waals surface area (Å²) in [6.07, 6.45) is -0.485. The minimum absolute atomic E-state index is 0.0112. The number of aliphatic hydroxyl groups is 1. The van der Waals surface area contributed by atoms with Crippen LogP contribution >= 0.6 is 0 Å². The fourth-order valence-electron chi connectivity index (χ4n) is 4.76. The van der Waals surface area contributed by atoms with Crippen LogP contribution in [0, 0.1) is 19.8 Å². The summed E-state index contributed by atoms with van der Waals surface area (Å²) in [6.45, 7) is 7.54. The number of hydrogen-bond acceptors (Lipinski definition) is 7. The standard InChI is InChI=1S/C30H38N6O6/c1-18-15-36(19(2)17-37)27(38)14-22-13-24(32-29(39)31-23-9-7-6-8-10-23)11-12-25(22)41-26(18)16-35(5)30(40)33-28-20(3)34-42-21(28)4/h6-13,18-19,26,37H,14-17H2,1-5H3,(H,33,40)(H2,31,32,39)/t18-,19+,26+/m1/s1. The molecular weight excluding hydrogens is 540 g/mol. The quantitative estimate of drug-likeness (QED) is 0.327. The largest absolute Gasteiger partial charge is 0.488 e. The SMILES string of the molecule is Cc1noc(C)c1NC(=O)N(C)C[C@@H]1Oc2ccc(NC(=O)Nc3ccccc3)cc2CC(=O)N([C@@H](C)CO)C[C@H]1C. The molecular formula is C30H38N6O6. The molecule has 4 N–H and O–H groups in total. The lowest BCUT2D eigenvalue weighted by molar-refractivity contribution is -0.134. The molecule has 224 valence electrons. The number of aliphatic hydroxyl groups excluding tert-OH is 1. The molecule has 42 heavy (non-hydrogen) atoms. The molecule has 3 aromatic rings. The number of benzene rings is 2. The molecule has 4 rings (SSSR count). The summed E-state index contributed by atoms with van der Waals surface area (Å²) in [6, 6.07) is 13.0. The van der Waals surface area contributed by atoms with Crippen molar-refractivity contribution < 1.29 is 28.8 Å². The fourth-order valence-corrected chi connectivity index (χ4v) is 4.76. The number of hydrogen-bond donors (Lipinski definition) is 4. The van der Waals surface area contributed by atoms with Crippen molar-refractivity contribution in [3.8, 4) is 5.75 Å². The number of ether oxygens (including phenoxy) is 1. The van der Waals surface area contributed by atoms with Gasteiger partial charge in [-0.25, -0.2) is 9.59 Å². The molecule has 0 saturated heterocycles. The van der Waals surface area contributed by atoms with Crippen LogP contribution in [0.3, 0.4) is 0 Å². The molecule has 0 fully saturated rings. The smallest absolute Gasteiger partial charge is 0.323 e. The topological polar surface area (TPSA) is 149 Å². The zero-order valence-electron chi connectivity index (χ0n) is 24.5. The summed E-state index contributed by atoms with van der Waals surface area (Å²) < 4.78 is 11.6. The molecule has 1 aliphatic rings. The summed E-state index contributed by atoms with van der Waals surface area (Å²) in [5, 5.41) is 22.2. The number of urea groups is 2. The van der Waals surface area contributed by atoms with Gasteiger partial charge in [0.1, 0.15) is 23.2 Å². The van der Waals surface area contributed by atoms with E-state index in [-0.39, 0.29) is 37.4 Å². The van der Waals surface area contributed by atoms with Gasteiger partial charge in [0.25, 0.3) is 0 Å². The van der Waals surface area contributed by atoms with Gasteiger partial charge in [0, 0.05) is 36.4 Å². The van der Waals surface area contributed by atoms with Crippen molar-refractivity contribution in [3.05, 3.63) is 65.5 Å². The number of fused-ring (bicyclic) bond motifs is 1. The van der Waals surface area contributed by atoms with Crippen LogP contribution in [0.5, 0.6) is 5.75 Å². The highest BCUT2D eigenvalue weighted by atomic mass is 16.5. The van der Waals surface area contributed by atoms with Gasteiger partial charge in [-0.1, -0.05) is 30.3 Å². The summed E-state index contributed by atoms with van der Waals surface area (Å²) in [5.41, 5.74) is 2.80. The van der Waals surface area contributed by atoms with E-state index in [0.717, 1.165) is 0 Å². The van der Waals surface area contributed by atoms with E-state index >= 15 is 0 Å². The first-order chi connectivity index (χ1) is 20.0. The van der Waals surface area contributed by atoms with E-state index in [4.69, 9.17) is 9.26 Å². The summed E-state index contributed by atoms with van der Waals surface area (Å²) in [4.78, 5) is 42.3. The van der Waals surface area contributed by atoms with E-state index < -0.39 is 18.2 Å². The number of para-hydroxylation sites is 1. The average molecular weight is 579 g/mol. The summed E-state index contributed by atoms with van der Waals surface area (Å²) in [5.74, 6) is 0.610. The number of nitrogens with one attached hydrogen (secondary N) is 3. The van der Waals surface area contributed by atoms with E-state index in [2.05, 4.69) is 21.1 Å². The second kappa shape index (κ2) is 13.4. The summed E-state index contributed by atoms with van der Waals surface area (Å²) in [7, 11) is 1.66. The van der Waals surface area contributed by atoms with Gasteiger partial charge in [-0.15, -0.1) is 0 Å². The van der Waals surface area contributed by atoms with E-state index in [9.17, 15) is 19.5 Å². The fraction of sp³-hybridized carbons (Fsp3) is 0.400. The lowest BCUT2D eigenvalue weighted by Gasteiger charge is -2.34. The Labute approximate surface area is 245 Å². The van der Waals surface area contributed by atoms with Crippen molar-refractivity contribution in [3.63, 3.8) is 0 Å². The third kappa shape index (κ3) is 7.38. The number of likely N-dealkylation sites (N-methyl/N-ethyl adjacent to an activating group) is 1. The molecule has 1 aromatic heterocycles. The molecule has 0 saturated carbocycles. The maximum absolute atomic E-state index is 13.5. The zero-order chi connectivity index (χ0) is 30.4. The minimum Gasteiger partial charge on any atom is -0.488 e. The van der Waals surface area contributed by atoms with Gasteiger partial charge >= 0.3 is 12.1 Å². The maximum Gasteiger partial charge on any atom is 0.323 e. The van der Waals surface area contributed by atoms with E-state index in [1.54, 1.807) is 63.1 Å². The molecule has 0 unspecified atom stereocenters. The van der Waals surface area contributed by atoms with E-state index in [0.29, 0.717) is 46.4 Å². The lowest BCUT2D eigenvalue weighted by atomic mass is 10.0. The number of aromatic nitrogens is 1. The Kier molecular flexibility index (Phi) is 9.68. The number of aryl methyl sites for hydroxylation is 2. The number of carbonyl (C=O) groups excluding carboxylic acids is 3. The molecule has 0 radical (unpaired) electrons. The van der Waals surface area contributed by atoms with Crippen LogP contribution in [0.15, 0.2) is 53.1 Å². The van der Waals surface area contributed by atoms with E-state index in [1.165, 1.54) is 4.90 Å². The highest BCUT2D eigenvalue weighted by Gasteiger charge is 2.32. The Morgan fingerprint density at radius 3 is 2.50 bits per heavy atom. The predicted octanol–water partition coefficient (Wildman–Crippen LogP) is 4.25. The van der Waals surface area contributed by atoms with Crippen LogP contribution in [0.25, 0.3) is 0 Å². The number of nitrogens with zero attached hydrogens (tertiary/aromatic N) is 3. The van der Waals surface area contributed by atoms with Gasteiger partial charge in [0.2, 0.25) is 5.91 Å². The van der Waals surface area contributed by atoms with Crippen LogP contribution in [0.2, 0.25) is 0 Å². The van der Waals surface area contributed by atoms with Crippen LogP contribution < -0.4 is 20.7 Å². The third-order valence-electron chi connectivity index (χ3n) is 7.27. The summed E-state index contributed by atoms with van der Waals surface area (Å²) >= 11 is 0. The first-order valence-corrected chi connectivity index (χ1v) is 13.8. The second-order valence-electron chi connectivity index (χ2n) is 10.7. The average Bonchev–Trinajstić information content (AvgIpc) is 3.29. The van der Waals surface area contributed by atoms with Gasteiger partial charge in [-0.05, 0) is 51.1 Å². The van der Waals surface area contributed by atoms with Crippen LogP contribution in [-0.2, 0) is 11.2 Å². The highest BCUT2D eigenvalue weighted by molar-refractivity contribution is 6.00. The highest BCUT2D eigenvalue weighted by Crippen LogP contribution is 2.29. The van der Waals surface area contributed by atoms with Crippen LogP contribution in [0.4, 0.5) is 26.7 Å². The number of anilines is 3. The number of carbonyl (C=O) groups is 3. The molecule has 0 aliphatic carbocycles. The van der Waals surface area contributed by atoms with Gasteiger partial charge in [0.05, 0.1) is 25.6 Å². The Balaban J connectivity index is 1.56. The first-order valence-electron chi connectivity index (χ1n) is 13.8. The van der Waals surface area contributed by atoms with Crippen LogP contribution in [0.1, 0.15) is 30.9 Å². The van der Waals surface area contributed by atoms with Gasteiger partial charge in [0.15, 0.2) is 5.76 Å². The van der Waals surface area contributed by atoms with Crippen molar-refractivity contribution >= 4 is 35.0 Å². The number of rotatable bonds is 7. The van der Waals surface area contributed by atoms with Gasteiger partial charge in [-0.3, -0.25) is 4.79 Å². The Morgan fingerprint density at radius 1 is 1.12 bits per heavy atom. The second-order valence-corrected chi connectivity index (χ2v) is 10.7. The van der Waals surface area contributed by atoms with Crippen molar-refractivity contribution in [1.29, 1.82) is 0 Å². The molecule has 1 aliphatic heterocycles. The van der Waals surface area contributed by atoms with Gasteiger partial charge in [-0.2, -0.15) is 0 Å². The molecule has 12 nitrogen and oxygen atoms in total. The van der Waals surface area contributed by atoms with Crippen molar-refractivity contribution in [1.82, 2.24) is 15.0 Å². The lowest BCUT2D eigenvalue weighted by Crippen LogP contribution is -2.48. The van der Waals surface area contributed by atoms with E-state index in [1.807, 2.05) is 25.1 Å². The Bertz CT molecular complexity index is 1390. The molecule has 3 atom stereocenters. The van der Waals surface area contributed by atoms with Crippen molar-refractivity contribution in [2.45, 2.75) is 46.3 Å². The van der Waals surface area contributed by atoms with Crippen LogP contribution in [-0.4, -0.2) is 76.9 Å². The molecule has 2 heterocycles. The molecule has 0 spiro atoms. The first kappa shape index (κ1) is 30.4. The molecule has 5 amide bonds. The monoisotopic (exact) mass is 578 g/mol. The zero-order valence-corrected chi connectivity index (χ0v) is 24.5. The number of amides is 5. The Morgan fingerprint density at radius 2 is 1.83 bits per heavy atom. The van der Waals surface area contributed by atoms with Crippen molar-refractivity contribution in [2.24, 2.45) is 5.92 Å².